The van der Waals surface area contributed by atoms with Crippen LogP contribution in [0.5, 0.6) is 0 Å². The van der Waals surface area contributed by atoms with Crippen LogP contribution in [-0.4, -0.2) is 58.7 Å². The van der Waals surface area contributed by atoms with E-state index in [1.165, 1.54) is 24.7 Å². The molecule has 2 fully saturated rings. The lowest BCUT2D eigenvalue weighted by atomic mass is 9.94. The summed E-state index contributed by atoms with van der Waals surface area (Å²) in [4.78, 5) is 45.4. The van der Waals surface area contributed by atoms with Crippen LogP contribution in [0.25, 0.3) is 0 Å². The van der Waals surface area contributed by atoms with E-state index in [4.69, 9.17) is 14.8 Å². The molecule has 2 aromatic heterocycles. The molecule has 0 aliphatic carbocycles. The van der Waals surface area contributed by atoms with E-state index in [9.17, 15) is 9.59 Å². The summed E-state index contributed by atoms with van der Waals surface area (Å²) in [7, 11) is 1.32. The van der Waals surface area contributed by atoms with Crippen molar-refractivity contribution < 1.29 is 19.2 Å². The Bertz CT molecular complexity index is 1060. The molecule has 0 unspecified atom stereocenters. The van der Waals surface area contributed by atoms with Crippen LogP contribution in [0.1, 0.15) is 52.5 Å². The van der Waals surface area contributed by atoms with Gasteiger partial charge in [-0.2, -0.15) is 5.26 Å². The fourth-order valence-electron chi connectivity index (χ4n) is 4.27. The molecule has 0 radical (unpaired) electrons. The highest BCUT2D eigenvalue weighted by Crippen LogP contribution is 2.34. The smallest absolute Gasteiger partial charge is 0.357 e. The molecule has 0 aromatic carbocycles. The number of methoxy groups -OCH3 is 1. The zero-order chi connectivity index (χ0) is 22.7. The van der Waals surface area contributed by atoms with E-state index >= 15 is 0 Å². The Morgan fingerprint density at radius 3 is 2.72 bits per heavy atom. The van der Waals surface area contributed by atoms with Gasteiger partial charge in [0, 0.05) is 43.4 Å². The molecular weight excluding hydrogens is 412 g/mol. The number of esters is 1. The summed E-state index contributed by atoms with van der Waals surface area (Å²) in [5.41, 5.74) is 2.18. The van der Waals surface area contributed by atoms with Gasteiger partial charge in [0.2, 0.25) is 5.91 Å². The van der Waals surface area contributed by atoms with E-state index in [2.05, 4.69) is 25.9 Å². The second kappa shape index (κ2) is 9.28. The Balaban J connectivity index is 1.44. The lowest BCUT2D eigenvalue weighted by Gasteiger charge is -2.35. The minimum atomic E-state index is -0.497. The van der Waals surface area contributed by atoms with Crippen molar-refractivity contribution in [1.82, 2.24) is 20.0 Å². The maximum atomic E-state index is 13.2. The Labute approximate surface area is 185 Å². The molecule has 0 bridgehead atoms. The van der Waals surface area contributed by atoms with E-state index < -0.39 is 5.97 Å². The monoisotopic (exact) mass is 436 g/mol. The van der Waals surface area contributed by atoms with E-state index in [0.29, 0.717) is 55.9 Å². The van der Waals surface area contributed by atoms with Crippen LogP contribution in [0.4, 0.5) is 5.82 Å². The number of ether oxygens (including phenoxy) is 1. The van der Waals surface area contributed by atoms with Crippen molar-refractivity contribution in [3.05, 3.63) is 47.2 Å². The Morgan fingerprint density at radius 1 is 1.22 bits per heavy atom. The van der Waals surface area contributed by atoms with Gasteiger partial charge in [0.25, 0.3) is 0 Å². The Morgan fingerprint density at radius 2 is 2.00 bits per heavy atom. The first-order valence-corrected chi connectivity index (χ1v) is 10.5. The number of nitriles is 1. The number of pyridine rings is 1. The maximum absolute atomic E-state index is 13.2. The molecule has 166 valence electrons. The lowest BCUT2D eigenvalue weighted by molar-refractivity contribution is -0.182. The minimum absolute atomic E-state index is 0.0517. The van der Waals surface area contributed by atoms with Gasteiger partial charge in [-0.15, -0.1) is 0 Å². The van der Waals surface area contributed by atoms with Crippen LogP contribution in [0.3, 0.4) is 0 Å². The van der Waals surface area contributed by atoms with Gasteiger partial charge in [-0.25, -0.2) is 19.8 Å². The summed E-state index contributed by atoms with van der Waals surface area (Å²) < 4.78 is 4.79. The highest BCUT2D eigenvalue weighted by atomic mass is 16.7. The summed E-state index contributed by atoms with van der Waals surface area (Å²) in [6.45, 7) is 3.49. The van der Waals surface area contributed by atoms with Gasteiger partial charge in [0.1, 0.15) is 18.2 Å². The predicted octanol–water partition coefficient (Wildman–Crippen LogP) is 1.96. The number of amides is 1. The van der Waals surface area contributed by atoms with Crippen LogP contribution >= 0.6 is 0 Å². The first-order chi connectivity index (χ1) is 15.5. The molecule has 2 aliphatic heterocycles. The number of piperidine rings is 1. The molecule has 2 aliphatic rings. The zero-order valence-corrected chi connectivity index (χ0v) is 18.0. The standard InChI is InChI=1S/C22H24N6O4/c1-14-19(22(30)31-2)25-13-26-20(14)27-6-3-16(4-7-27)21(29)28-18(5-8-32-28)17-9-15(10-23)11-24-12-17/h9,11-13,16,18H,3-8H2,1-2H3/t18-/m0/s1. The van der Waals surface area contributed by atoms with Crippen molar-refractivity contribution in [2.75, 3.05) is 31.7 Å². The number of carbonyl (C=O) groups excluding carboxylic acids is 2. The summed E-state index contributed by atoms with van der Waals surface area (Å²) in [5, 5.41) is 10.6. The van der Waals surface area contributed by atoms with E-state index in [0.717, 1.165) is 5.56 Å². The number of carbonyl (C=O) groups is 2. The molecule has 0 N–H and O–H groups in total. The van der Waals surface area contributed by atoms with E-state index in [1.54, 1.807) is 19.2 Å². The van der Waals surface area contributed by atoms with Gasteiger partial charge in [0.05, 0.1) is 25.3 Å². The minimum Gasteiger partial charge on any atom is -0.464 e. The maximum Gasteiger partial charge on any atom is 0.357 e. The van der Waals surface area contributed by atoms with E-state index in [-0.39, 0.29) is 23.6 Å². The van der Waals surface area contributed by atoms with Gasteiger partial charge in [0.15, 0.2) is 5.69 Å². The van der Waals surface area contributed by atoms with Crippen molar-refractivity contribution in [2.24, 2.45) is 5.92 Å². The summed E-state index contributed by atoms with van der Waals surface area (Å²) in [6, 6.07) is 3.60. The van der Waals surface area contributed by atoms with Crippen molar-refractivity contribution in [3.63, 3.8) is 0 Å². The van der Waals surface area contributed by atoms with Gasteiger partial charge in [-0.3, -0.25) is 14.6 Å². The number of hydroxylamine groups is 2. The molecule has 2 saturated heterocycles. The number of hydrogen-bond acceptors (Lipinski definition) is 9. The van der Waals surface area contributed by atoms with Crippen LogP contribution in [-0.2, 0) is 14.4 Å². The quantitative estimate of drug-likeness (QED) is 0.662. The van der Waals surface area contributed by atoms with Crippen molar-refractivity contribution in [3.8, 4) is 6.07 Å². The highest BCUT2D eigenvalue weighted by Gasteiger charge is 2.37. The Kier molecular flexibility index (Phi) is 6.28. The molecule has 10 heteroatoms. The molecule has 4 rings (SSSR count). The van der Waals surface area contributed by atoms with Crippen molar-refractivity contribution in [2.45, 2.75) is 32.2 Å². The third-order valence-corrected chi connectivity index (χ3v) is 5.98. The number of rotatable bonds is 4. The van der Waals surface area contributed by atoms with Crippen LogP contribution in [0, 0.1) is 24.2 Å². The molecule has 0 spiro atoms. The highest BCUT2D eigenvalue weighted by molar-refractivity contribution is 5.90. The molecular formula is C22H24N6O4. The number of nitrogens with zero attached hydrogens (tertiary/aromatic N) is 6. The third kappa shape index (κ3) is 4.11. The molecule has 10 nitrogen and oxygen atoms in total. The van der Waals surface area contributed by atoms with Gasteiger partial charge < -0.3 is 9.64 Å². The fraction of sp³-hybridized carbons (Fsp3) is 0.455. The zero-order valence-electron chi connectivity index (χ0n) is 18.0. The summed E-state index contributed by atoms with van der Waals surface area (Å²) in [5.74, 6) is -0.0465. The predicted molar refractivity (Wildman–Crippen MR) is 112 cm³/mol. The van der Waals surface area contributed by atoms with Crippen molar-refractivity contribution in [1.29, 1.82) is 5.26 Å². The van der Waals surface area contributed by atoms with Gasteiger partial charge in [-0.1, -0.05) is 0 Å². The first-order valence-electron chi connectivity index (χ1n) is 10.5. The number of hydrogen-bond donors (Lipinski definition) is 0. The molecule has 4 heterocycles. The molecule has 32 heavy (non-hydrogen) atoms. The molecule has 1 amide bonds. The Hall–Kier alpha value is -3.58. The SMILES string of the molecule is COC(=O)c1ncnc(N2CCC(C(=O)N3OCC[C@H]3c3cncc(C#N)c3)CC2)c1C. The normalized spacial score (nSPS) is 19.0. The number of anilines is 1. The van der Waals surface area contributed by atoms with Crippen LogP contribution in [0.2, 0.25) is 0 Å². The topological polar surface area (TPSA) is 122 Å². The average molecular weight is 436 g/mol. The second-order valence-electron chi connectivity index (χ2n) is 7.84. The van der Waals surface area contributed by atoms with Crippen molar-refractivity contribution >= 4 is 17.7 Å². The second-order valence-corrected chi connectivity index (χ2v) is 7.84. The van der Waals surface area contributed by atoms with Gasteiger partial charge >= 0.3 is 5.97 Å². The average Bonchev–Trinajstić information content (AvgIpc) is 3.33. The van der Waals surface area contributed by atoms with Crippen LogP contribution < -0.4 is 4.90 Å². The van der Waals surface area contributed by atoms with Gasteiger partial charge in [-0.05, 0) is 31.4 Å². The summed E-state index contributed by atoms with van der Waals surface area (Å²) in [6.07, 6.45) is 6.48. The summed E-state index contributed by atoms with van der Waals surface area (Å²) >= 11 is 0. The lowest BCUT2D eigenvalue weighted by Crippen LogP contribution is -2.42. The van der Waals surface area contributed by atoms with E-state index in [1.807, 2.05) is 0 Å². The first kappa shape index (κ1) is 21.6. The third-order valence-electron chi connectivity index (χ3n) is 5.98. The van der Waals surface area contributed by atoms with Crippen LogP contribution in [0.15, 0.2) is 24.8 Å². The number of aromatic nitrogens is 3. The molecule has 0 saturated carbocycles. The largest absolute Gasteiger partial charge is 0.464 e. The molecule has 1 atom stereocenters. The fourth-order valence-corrected chi connectivity index (χ4v) is 4.27. The molecule has 2 aromatic rings.